The van der Waals surface area contributed by atoms with Crippen LogP contribution in [-0.4, -0.2) is 257 Å². The summed E-state index contributed by atoms with van der Waals surface area (Å²) in [4.78, 5) is 84.9. The predicted octanol–water partition coefficient (Wildman–Crippen LogP) is 6.94. The van der Waals surface area contributed by atoms with Gasteiger partial charge in [-0.2, -0.15) is 24.9 Å². The number of imidazole rings is 3. The number of nitrogens with one attached hydrogen (secondary N) is 4. The Hall–Kier alpha value is -9.87. The summed E-state index contributed by atoms with van der Waals surface area (Å²) in [7, 11) is -8.69. The molecule has 3 saturated heterocycles. The fraction of sp³-hybridized carbons (Fsp3) is 0.512. The zero-order chi connectivity index (χ0) is 95.5. The number of aliphatic hydroxyl groups is 6. The van der Waals surface area contributed by atoms with Gasteiger partial charge in [-0.05, 0) is 96.9 Å². The third kappa shape index (κ3) is 24.8. The maximum absolute atomic E-state index is 15.9. The van der Waals surface area contributed by atoms with E-state index in [1.807, 2.05) is 81.4 Å². The van der Waals surface area contributed by atoms with Gasteiger partial charge in [-0.25, -0.2) is 34.6 Å². The summed E-state index contributed by atoms with van der Waals surface area (Å²) >= 11 is 0.972. The lowest BCUT2D eigenvalue weighted by molar-refractivity contribution is -0.149. The maximum Gasteiger partial charge on any atom is 0.342 e. The third-order valence-corrected chi connectivity index (χ3v) is 27.2. The number of esters is 2. The van der Waals surface area contributed by atoms with E-state index in [4.69, 9.17) is 78.1 Å². The van der Waals surface area contributed by atoms with E-state index in [1.54, 1.807) is 70.2 Å². The van der Waals surface area contributed by atoms with E-state index >= 15 is 4.39 Å². The lowest BCUT2D eigenvalue weighted by Gasteiger charge is -2.27. The van der Waals surface area contributed by atoms with Crippen LogP contribution < -0.4 is 56.5 Å². The SMILES string of the molecule is CC(C)(CO)C(=O)SCCOP(=O)(COC[C@H]1OC(n2cnc3c(=O)[nH]c(N)nc32)[C@](C)(O)[C@@H]1O)NCc1ccccc1.COc1nc(N)nc2c1ncn2C1O[C@H](COCP(=O)(N[C@@H](C)C(=O)OC(C)C)Oc2ccccc2)[C@@H](O)[C@@]1(C)F.COc1nc(N)nc2c1ncn2C1O[C@H](COCP(=O)(N[C@@H](C)C(=O)OCC(C)(C)C)Oc2cccc3ccccc23)[C@@H](O)[C@@]1(C)O. The standard InChI is InChI=1S/C31H41N6O9P.C26H37N6O9PS.C25H34FN6O8P/c1-18(27(39)44-15-30(2,3)4)36-47(41,46-21-13-9-11-19-10-7-8-12-20(19)21)17-43-14-22-24(38)31(5,40)28(45-22)37-16-33-23-25(37)34-29(32)35-26(23)42-6;1-25(2,13-33)23(36)43-10-9-40-42(38,29-11-16-7-5-4-6-8-16)15-39-12-17-19(34)26(3,37)22(41-17)32-14-28-18-20(32)30-24(27)31-21(18)35;1-14(2)38-22(34)15(3)31-41(35,40-16-9-7-6-8-10-16)13-37-11-17-19(33)25(4,26)23(39-17)32-12-28-18-20(32)29-24(27)30-21(18)36-5/h7-13,16,18,22,24,28,38,40H,14-15,17H2,1-6H3,(H,36,41)(H2,32,34,35);4-8,14,17,19,22,33-34,37H,9-13,15H2,1-3H3,(H,29,38)(H3,27,30,31,35);6-10,12,14-15,17,19,23,33H,11,13H2,1-5H3,(H,31,35)(H2,27,29,30)/t18-,22+,24+,28?,31+,47?;17-,19-,22?,26-,42?;15-,17+,19+,23?,25+,41?/m010/s1. The number of nitrogens with two attached hydrogens (primary N) is 3. The van der Waals surface area contributed by atoms with Crippen LogP contribution in [0.1, 0.15) is 107 Å². The minimum Gasteiger partial charge on any atom is -0.479 e. The number of nitrogen functional groups attached to an aromatic ring is 3. The van der Waals surface area contributed by atoms with Gasteiger partial charge in [0.05, 0.1) is 84.4 Å². The highest BCUT2D eigenvalue weighted by Crippen LogP contribution is 2.51. The zero-order valence-electron chi connectivity index (χ0n) is 74.4. The number of para-hydroxylation sites is 1. The van der Waals surface area contributed by atoms with Crippen molar-refractivity contribution in [3.05, 3.63) is 138 Å². The van der Waals surface area contributed by atoms with Crippen LogP contribution in [-0.2, 0) is 77.0 Å². The molecule has 0 radical (unpaired) electrons. The smallest absolute Gasteiger partial charge is 0.342 e. The first-order chi connectivity index (χ1) is 61.7. The van der Waals surface area contributed by atoms with Gasteiger partial charge in [0.1, 0.15) is 90.5 Å². The molecule has 0 bridgehead atoms. The molecule has 6 aromatic heterocycles. The molecule has 17 atom stereocenters. The van der Waals surface area contributed by atoms with E-state index in [-0.39, 0.29) is 137 Å². The molecule has 44 nitrogen and oxygen atoms in total. The lowest BCUT2D eigenvalue weighted by Crippen LogP contribution is -2.44. The molecule has 3 fully saturated rings. The molecule has 16 N–H and O–H groups in total. The molecule has 9 heterocycles. The summed E-state index contributed by atoms with van der Waals surface area (Å²) < 4.78 is 135. The number of benzene rings is 4. The summed E-state index contributed by atoms with van der Waals surface area (Å²) in [6.07, 6.45) is -9.50. The van der Waals surface area contributed by atoms with Crippen molar-refractivity contribution in [3.8, 4) is 23.3 Å². The topological polar surface area (TPSA) is 609 Å². The molecule has 714 valence electrons. The number of rotatable bonds is 38. The molecule has 49 heteroatoms. The number of halogens is 1. The Balaban J connectivity index is 0.000000190. The summed E-state index contributed by atoms with van der Waals surface area (Å²) in [5.74, 6) is -0.572. The molecule has 0 spiro atoms. The Morgan fingerprint density at radius 3 is 1.60 bits per heavy atom. The van der Waals surface area contributed by atoms with Crippen LogP contribution >= 0.6 is 34.3 Å². The maximum atomic E-state index is 15.9. The molecule has 13 rings (SSSR count). The predicted molar refractivity (Wildman–Crippen MR) is 477 cm³/mol. The van der Waals surface area contributed by atoms with Crippen LogP contribution in [0.2, 0.25) is 0 Å². The first-order valence-electron chi connectivity index (χ1n) is 41.2. The van der Waals surface area contributed by atoms with Crippen LogP contribution in [0, 0.1) is 10.8 Å². The fourth-order valence-corrected chi connectivity index (χ4v) is 19.5. The van der Waals surface area contributed by atoms with Crippen molar-refractivity contribution in [2.45, 2.75) is 180 Å². The number of ether oxygens (including phenoxy) is 10. The largest absolute Gasteiger partial charge is 0.479 e. The second-order valence-electron chi connectivity index (χ2n) is 33.8. The van der Waals surface area contributed by atoms with Crippen molar-refractivity contribution in [2.75, 3.05) is 95.9 Å². The zero-order valence-corrected chi connectivity index (χ0v) is 77.9. The van der Waals surface area contributed by atoms with Crippen molar-refractivity contribution in [3.63, 3.8) is 0 Å². The number of nitrogens with zero attached hydrogens (tertiary/aromatic N) is 11. The highest BCUT2D eigenvalue weighted by molar-refractivity contribution is 8.13. The average Bonchev–Trinajstić information content (AvgIpc) is 1.60. The van der Waals surface area contributed by atoms with Crippen molar-refractivity contribution in [2.24, 2.45) is 10.8 Å². The minimum absolute atomic E-state index is 0.0230. The van der Waals surface area contributed by atoms with Crippen molar-refractivity contribution >= 4 is 113 Å². The molecule has 3 aliphatic rings. The first kappa shape index (κ1) is 102. The average molecular weight is 1910 g/mol. The van der Waals surface area contributed by atoms with Crippen LogP contribution in [0.4, 0.5) is 22.2 Å². The Morgan fingerprint density at radius 2 is 1.08 bits per heavy atom. The van der Waals surface area contributed by atoms with Crippen LogP contribution in [0.5, 0.6) is 23.3 Å². The second-order valence-corrected chi connectivity index (χ2v) is 41.1. The van der Waals surface area contributed by atoms with Crippen LogP contribution in [0.3, 0.4) is 0 Å². The Bertz CT molecular complexity index is 5810. The van der Waals surface area contributed by atoms with Crippen LogP contribution in [0.15, 0.2) is 127 Å². The lowest BCUT2D eigenvalue weighted by atomic mass is 9.96. The van der Waals surface area contributed by atoms with Crippen molar-refractivity contribution in [1.82, 2.24) is 73.8 Å². The van der Waals surface area contributed by atoms with E-state index in [2.05, 4.69) is 60.1 Å². The normalized spacial score (nSPS) is 24.0. The first-order valence-corrected chi connectivity index (χ1v) is 47.7. The van der Waals surface area contributed by atoms with Crippen LogP contribution in [0.25, 0.3) is 44.3 Å². The summed E-state index contributed by atoms with van der Waals surface area (Å²) in [5.41, 5.74) is 11.3. The number of H-pyrrole nitrogens is 1. The van der Waals surface area contributed by atoms with Crippen molar-refractivity contribution in [1.29, 1.82) is 0 Å². The quantitative estimate of drug-likeness (QED) is 0.0106. The number of thioether (sulfide) groups is 1. The Labute approximate surface area is 755 Å². The van der Waals surface area contributed by atoms with E-state index in [0.29, 0.717) is 11.1 Å². The molecule has 3 aliphatic heterocycles. The molecule has 6 unspecified atom stereocenters. The molecule has 4 aromatic carbocycles. The molecule has 0 saturated carbocycles. The number of fused-ring (bicyclic) bond motifs is 4. The monoisotopic (exact) mass is 1910 g/mol. The Morgan fingerprint density at radius 1 is 0.611 bits per heavy atom. The van der Waals surface area contributed by atoms with Gasteiger partial charge in [-0.3, -0.25) is 51.6 Å². The number of carbonyl (C=O) groups is 3. The third-order valence-electron chi connectivity index (χ3n) is 20.7. The number of hydrogen-bond acceptors (Lipinski definition) is 38. The van der Waals surface area contributed by atoms with Crippen molar-refractivity contribution < 1.29 is 124 Å². The second kappa shape index (κ2) is 42.6. The van der Waals surface area contributed by atoms with Gasteiger partial charge in [0.25, 0.3) is 13.1 Å². The molecular weight excluding hydrogens is 1800 g/mol. The van der Waals surface area contributed by atoms with E-state index in [0.717, 1.165) is 22.7 Å². The number of alkyl halides is 1. The van der Waals surface area contributed by atoms with Gasteiger partial charge in [-0.15, -0.1) is 0 Å². The van der Waals surface area contributed by atoms with E-state index < -0.39 is 149 Å². The van der Waals surface area contributed by atoms with Gasteiger partial charge in [0.15, 0.2) is 63.0 Å². The van der Waals surface area contributed by atoms with E-state index in [9.17, 15) is 63.5 Å². The molecule has 10 aromatic rings. The molecule has 0 aliphatic carbocycles. The van der Waals surface area contributed by atoms with Gasteiger partial charge in [0, 0.05) is 17.7 Å². The number of aliphatic hydroxyl groups excluding tert-OH is 4. The number of aromatic amines is 1. The summed E-state index contributed by atoms with van der Waals surface area (Å²) in [5, 5.41) is 74.4. The minimum atomic E-state index is -3.97. The molecular formula is C82H112FN18O26P3S. The number of hydrogen-bond donors (Lipinski definition) is 13. The summed E-state index contributed by atoms with van der Waals surface area (Å²) in [6, 6.07) is 28.3. The summed E-state index contributed by atoms with van der Waals surface area (Å²) in [6.45, 7) is 18.5. The number of aromatic nitrogens is 12. The number of anilines is 3. The Kier molecular flexibility index (Phi) is 33.0. The van der Waals surface area contributed by atoms with Gasteiger partial charge in [-0.1, -0.05) is 117 Å². The number of carbonyl (C=O) groups excluding carboxylic acids is 3. The van der Waals surface area contributed by atoms with E-state index in [1.165, 1.54) is 81.5 Å². The fourth-order valence-electron chi connectivity index (χ4n) is 13.8. The molecule has 131 heavy (non-hydrogen) atoms. The van der Waals surface area contributed by atoms with Gasteiger partial charge in [0.2, 0.25) is 29.6 Å². The number of methoxy groups -OCH3 is 2. The van der Waals surface area contributed by atoms with Gasteiger partial charge >= 0.3 is 27.0 Å². The highest BCUT2D eigenvalue weighted by atomic mass is 32.2. The highest BCUT2D eigenvalue weighted by Gasteiger charge is 2.58. The van der Waals surface area contributed by atoms with Gasteiger partial charge < -0.3 is 109 Å². The molecule has 0 amide bonds.